The number of aliphatic carboxylic acids is 1. The number of nitrogens with zero attached hydrogens (tertiary/aromatic N) is 1. The zero-order valence-electron chi connectivity index (χ0n) is 21.2. The van der Waals surface area contributed by atoms with Gasteiger partial charge in [0.05, 0.1) is 18.0 Å². The molecule has 1 N–H and O–H groups in total. The molecule has 3 rings (SSSR count). The van der Waals surface area contributed by atoms with Crippen LogP contribution in [0.1, 0.15) is 60.8 Å². The van der Waals surface area contributed by atoms with Crippen molar-refractivity contribution in [2.45, 2.75) is 88.1 Å². The highest BCUT2D eigenvalue weighted by molar-refractivity contribution is 6.76. The molecular formula is C27H33F6NO2Si. The summed E-state index contributed by atoms with van der Waals surface area (Å²) in [5, 5.41) is 9.54. The van der Waals surface area contributed by atoms with Crippen molar-refractivity contribution in [2.75, 3.05) is 4.90 Å². The van der Waals surface area contributed by atoms with E-state index in [0.29, 0.717) is 17.7 Å². The smallest absolute Gasteiger partial charge is 0.416 e. The van der Waals surface area contributed by atoms with Crippen molar-refractivity contribution < 1.29 is 36.2 Å². The van der Waals surface area contributed by atoms with E-state index in [1.54, 1.807) is 24.3 Å². The van der Waals surface area contributed by atoms with Crippen molar-refractivity contribution in [3.63, 3.8) is 0 Å². The van der Waals surface area contributed by atoms with Gasteiger partial charge in [-0.2, -0.15) is 26.3 Å². The minimum Gasteiger partial charge on any atom is -0.481 e. The number of carbonyl (C=O) groups is 1. The molecular weight excluding hydrogens is 512 g/mol. The van der Waals surface area contributed by atoms with Crippen LogP contribution in [0, 0.1) is 0 Å². The molecule has 37 heavy (non-hydrogen) atoms. The number of hydrogen-bond acceptors (Lipinski definition) is 2. The van der Waals surface area contributed by atoms with Gasteiger partial charge in [0.2, 0.25) is 0 Å². The van der Waals surface area contributed by atoms with Crippen molar-refractivity contribution in [1.29, 1.82) is 0 Å². The fraction of sp³-hybridized carbons (Fsp3) is 0.519. The molecule has 1 heterocycles. The van der Waals surface area contributed by atoms with Crippen LogP contribution in [0.4, 0.5) is 32.0 Å². The van der Waals surface area contributed by atoms with Crippen molar-refractivity contribution >= 4 is 19.7 Å². The first kappa shape index (κ1) is 29.1. The molecule has 1 aliphatic rings. The quantitative estimate of drug-likeness (QED) is 0.253. The molecule has 1 aliphatic heterocycles. The van der Waals surface area contributed by atoms with Crippen LogP contribution in [-0.4, -0.2) is 31.4 Å². The first-order valence-electron chi connectivity index (χ1n) is 12.4. The normalized spacial score (nSPS) is 19.4. The number of para-hydroxylation sites is 1. The second-order valence-electron chi connectivity index (χ2n) is 11.0. The minimum absolute atomic E-state index is 0.150. The highest BCUT2D eigenvalue weighted by Crippen LogP contribution is 2.49. The first-order valence-corrected chi connectivity index (χ1v) is 16.1. The van der Waals surface area contributed by atoms with E-state index in [2.05, 4.69) is 19.6 Å². The van der Waals surface area contributed by atoms with Crippen LogP contribution in [0.5, 0.6) is 0 Å². The van der Waals surface area contributed by atoms with E-state index in [-0.39, 0.29) is 19.3 Å². The predicted octanol–water partition coefficient (Wildman–Crippen LogP) is 8.65. The van der Waals surface area contributed by atoms with E-state index in [1.165, 1.54) is 12.1 Å². The maximum Gasteiger partial charge on any atom is 0.416 e. The Hall–Kier alpha value is -2.49. The van der Waals surface area contributed by atoms with Gasteiger partial charge in [0.15, 0.2) is 0 Å². The van der Waals surface area contributed by atoms with Crippen molar-refractivity contribution in [3.05, 3.63) is 65.2 Å². The maximum absolute atomic E-state index is 13.4. The second kappa shape index (κ2) is 11.1. The molecule has 0 radical (unpaired) electrons. The van der Waals surface area contributed by atoms with E-state index >= 15 is 0 Å². The summed E-state index contributed by atoms with van der Waals surface area (Å²) in [5.74, 6) is -1.43. The highest BCUT2D eigenvalue weighted by atomic mass is 28.3. The van der Waals surface area contributed by atoms with Crippen molar-refractivity contribution in [1.82, 2.24) is 0 Å². The lowest BCUT2D eigenvalue weighted by Crippen LogP contribution is -2.44. The molecule has 0 amide bonds. The SMILES string of the molecule is C[Si](C)(C)CCC(CCC(F)(F)F)N1c2ccccc2C(CC(=O)O)CC1c1ccc(C(F)(F)F)cc1. The van der Waals surface area contributed by atoms with Gasteiger partial charge in [-0.3, -0.25) is 4.79 Å². The number of anilines is 1. The Bertz CT molecular complexity index is 1040. The van der Waals surface area contributed by atoms with E-state index in [9.17, 15) is 36.2 Å². The third-order valence-electron chi connectivity index (χ3n) is 6.92. The predicted molar refractivity (Wildman–Crippen MR) is 135 cm³/mol. The van der Waals surface area contributed by atoms with Crippen LogP contribution < -0.4 is 4.90 Å². The van der Waals surface area contributed by atoms with Gasteiger partial charge in [-0.25, -0.2) is 0 Å². The molecule has 0 saturated carbocycles. The summed E-state index contributed by atoms with van der Waals surface area (Å²) in [4.78, 5) is 13.6. The van der Waals surface area contributed by atoms with Gasteiger partial charge in [-0.1, -0.05) is 56.0 Å². The number of halogens is 6. The highest BCUT2D eigenvalue weighted by Gasteiger charge is 2.40. The van der Waals surface area contributed by atoms with E-state index in [4.69, 9.17) is 0 Å². The maximum atomic E-state index is 13.4. The molecule has 2 aromatic rings. The first-order chi connectivity index (χ1) is 17.0. The molecule has 0 aromatic heterocycles. The van der Waals surface area contributed by atoms with Crippen LogP contribution in [0.2, 0.25) is 25.7 Å². The average molecular weight is 546 g/mol. The van der Waals surface area contributed by atoms with Crippen molar-refractivity contribution in [2.24, 2.45) is 0 Å². The third kappa shape index (κ3) is 7.99. The molecule has 204 valence electrons. The lowest BCUT2D eigenvalue weighted by Gasteiger charge is -2.47. The fourth-order valence-electron chi connectivity index (χ4n) is 5.14. The Balaban J connectivity index is 2.12. The van der Waals surface area contributed by atoms with Crippen LogP contribution in [0.3, 0.4) is 0 Å². The number of fused-ring (bicyclic) bond motifs is 1. The average Bonchev–Trinajstić information content (AvgIpc) is 2.77. The van der Waals surface area contributed by atoms with E-state index < -0.39 is 56.4 Å². The van der Waals surface area contributed by atoms with Gasteiger partial charge in [-0.05, 0) is 54.5 Å². The van der Waals surface area contributed by atoms with Crippen molar-refractivity contribution in [3.8, 4) is 0 Å². The second-order valence-corrected chi connectivity index (χ2v) is 16.7. The van der Waals surface area contributed by atoms with Gasteiger partial charge >= 0.3 is 18.3 Å². The summed E-state index contributed by atoms with van der Waals surface area (Å²) < 4.78 is 79.7. The number of carboxylic acid groups (broad SMARTS) is 1. The zero-order valence-corrected chi connectivity index (χ0v) is 22.2. The van der Waals surface area contributed by atoms with Gasteiger partial charge in [-0.15, -0.1) is 0 Å². The van der Waals surface area contributed by atoms with Crippen LogP contribution in [-0.2, 0) is 11.0 Å². The Morgan fingerprint density at radius 3 is 2.16 bits per heavy atom. The van der Waals surface area contributed by atoms with Crippen LogP contribution >= 0.6 is 0 Å². The van der Waals surface area contributed by atoms with Gasteiger partial charge < -0.3 is 10.0 Å². The standard InChI is InChI=1S/C27H33F6NO2Si/c1-37(2,3)15-13-21(12-14-26(28,29)30)34-23-7-5-4-6-22(23)19(17-25(35)36)16-24(34)18-8-10-20(11-9-18)27(31,32)33/h4-11,19,21,24H,12-17H2,1-3H3,(H,35,36). The molecule has 0 fully saturated rings. The van der Waals surface area contributed by atoms with Gasteiger partial charge in [0, 0.05) is 26.2 Å². The molecule has 10 heteroatoms. The number of benzene rings is 2. The van der Waals surface area contributed by atoms with Gasteiger partial charge in [0.1, 0.15) is 0 Å². The monoisotopic (exact) mass is 545 g/mol. The topological polar surface area (TPSA) is 40.5 Å². The third-order valence-corrected chi connectivity index (χ3v) is 8.71. The molecule has 2 aromatic carbocycles. The summed E-state index contributed by atoms with van der Waals surface area (Å²) in [6.45, 7) is 6.44. The fourth-order valence-corrected chi connectivity index (χ4v) is 6.34. The number of alkyl halides is 6. The number of hydrogen-bond donors (Lipinski definition) is 1. The Morgan fingerprint density at radius 2 is 1.62 bits per heavy atom. The Labute approximate surface area is 214 Å². The Kier molecular flexibility index (Phi) is 8.71. The lowest BCUT2D eigenvalue weighted by atomic mass is 9.79. The molecule has 0 saturated heterocycles. The van der Waals surface area contributed by atoms with E-state index in [0.717, 1.165) is 23.7 Å². The summed E-state index contributed by atoms with van der Waals surface area (Å²) in [5.41, 5.74) is 1.13. The largest absolute Gasteiger partial charge is 0.481 e. The summed E-state index contributed by atoms with van der Waals surface area (Å²) in [7, 11) is -1.63. The zero-order chi connectivity index (χ0) is 27.6. The summed E-state index contributed by atoms with van der Waals surface area (Å²) in [6.07, 6.45) is -9.36. The molecule has 3 unspecified atom stereocenters. The Morgan fingerprint density at radius 1 is 1.00 bits per heavy atom. The summed E-state index contributed by atoms with van der Waals surface area (Å²) in [6, 6.07) is 11.5. The van der Waals surface area contributed by atoms with Crippen LogP contribution in [0.15, 0.2) is 48.5 Å². The number of rotatable bonds is 9. The minimum atomic E-state index is -4.52. The van der Waals surface area contributed by atoms with Crippen LogP contribution in [0.25, 0.3) is 0 Å². The van der Waals surface area contributed by atoms with E-state index in [1.807, 2.05) is 4.90 Å². The molecule has 0 bridgehead atoms. The number of carboxylic acids is 1. The molecule has 3 atom stereocenters. The molecule has 0 aliphatic carbocycles. The lowest BCUT2D eigenvalue weighted by molar-refractivity contribution is -0.138. The van der Waals surface area contributed by atoms with Gasteiger partial charge in [0.25, 0.3) is 0 Å². The summed E-state index contributed by atoms with van der Waals surface area (Å²) >= 11 is 0. The molecule has 0 spiro atoms. The molecule has 3 nitrogen and oxygen atoms in total.